The van der Waals surface area contributed by atoms with Crippen LogP contribution < -0.4 is 0 Å². The quantitative estimate of drug-likeness (QED) is 0.636. The van der Waals surface area contributed by atoms with Crippen molar-refractivity contribution in [2.75, 3.05) is 6.54 Å². The summed E-state index contributed by atoms with van der Waals surface area (Å²) in [7, 11) is 0. The van der Waals surface area contributed by atoms with Crippen molar-refractivity contribution >= 4 is 21.8 Å². The van der Waals surface area contributed by atoms with Crippen molar-refractivity contribution in [1.29, 1.82) is 0 Å². The van der Waals surface area contributed by atoms with Crippen molar-refractivity contribution in [3.05, 3.63) is 99.8 Å². The number of benzene rings is 2. The van der Waals surface area contributed by atoms with Gasteiger partial charge in [0.15, 0.2) is 0 Å². The molecule has 0 saturated heterocycles. The molecule has 1 aliphatic rings. The first kappa shape index (κ1) is 16.0. The van der Waals surface area contributed by atoms with Crippen LogP contribution in [0.3, 0.4) is 0 Å². The lowest BCUT2D eigenvalue weighted by Crippen LogP contribution is -2.40. The van der Waals surface area contributed by atoms with E-state index in [4.69, 9.17) is 0 Å². The molecule has 1 aliphatic heterocycles. The average molecular weight is 393 g/mol. The Labute approximate surface area is 155 Å². The first-order valence-electron chi connectivity index (χ1n) is 8.29. The molecule has 124 valence electrons. The Balaban J connectivity index is 1.82. The summed E-state index contributed by atoms with van der Waals surface area (Å²) in [6.07, 6.45) is 4.44. The number of amides is 1. The minimum Gasteiger partial charge on any atom is -0.327 e. The van der Waals surface area contributed by atoms with Crippen LogP contribution in [0.2, 0.25) is 0 Å². The summed E-state index contributed by atoms with van der Waals surface area (Å²) < 4.78 is 0.826. The highest BCUT2D eigenvalue weighted by molar-refractivity contribution is 9.10. The van der Waals surface area contributed by atoms with Crippen molar-refractivity contribution in [2.45, 2.75) is 12.5 Å². The van der Waals surface area contributed by atoms with E-state index < -0.39 is 0 Å². The SMILES string of the molecule is O=C(c1ccccc1Br)N1CCc2ccccc2C1c1ccncc1. The highest BCUT2D eigenvalue weighted by Gasteiger charge is 2.32. The summed E-state index contributed by atoms with van der Waals surface area (Å²) in [5.74, 6) is 0.0452. The van der Waals surface area contributed by atoms with Gasteiger partial charge in [-0.05, 0) is 63.3 Å². The van der Waals surface area contributed by atoms with Crippen LogP contribution in [0, 0.1) is 0 Å². The standard InChI is InChI=1S/C21H17BrN2O/c22-19-8-4-3-7-18(19)21(25)24-14-11-15-5-1-2-6-17(15)20(24)16-9-12-23-13-10-16/h1-10,12-13,20H,11,14H2. The molecule has 0 spiro atoms. The molecule has 0 saturated carbocycles. The second kappa shape index (κ2) is 6.81. The number of pyridine rings is 1. The number of carbonyl (C=O) groups excluding carboxylic acids is 1. The minimum atomic E-state index is -0.0902. The van der Waals surface area contributed by atoms with Crippen LogP contribution in [-0.2, 0) is 6.42 Å². The number of halogens is 1. The van der Waals surface area contributed by atoms with Gasteiger partial charge in [0.1, 0.15) is 0 Å². The van der Waals surface area contributed by atoms with Gasteiger partial charge in [-0.3, -0.25) is 9.78 Å². The van der Waals surface area contributed by atoms with Gasteiger partial charge < -0.3 is 4.90 Å². The van der Waals surface area contributed by atoms with Crippen LogP contribution in [0.15, 0.2) is 77.5 Å². The summed E-state index contributed by atoms with van der Waals surface area (Å²) in [6, 6.07) is 19.9. The Morgan fingerprint density at radius 2 is 1.72 bits per heavy atom. The first-order valence-corrected chi connectivity index (χ1v) is 9.08. The van der Waals surface area contributed by atoms with Gasteiger partial charge in [0, 0.05) is 23.4 Å². The molecule has 25 heavy (non-hydrogen) atoms. The zero-order chi connectivity index (χ0) is 17.2. The molecule has 0 radical (unpaired) electrons. The van der Waals surface area contributed by atoms with E-state index in [1.165, 1.54) is 11.1 Å². The molecule has 2 aromatic carbocycles. The van der Waals surface area contributed by atoms with E-state index in [9.17, 15) is 4.79 Å². The van der Waals surface area contributed by atoms with E-state index in [1.807, 2.05) is 47.4 Å². The molecule has 2 heterocycles. The number of hydrogen-bond donors (Lipinski definition) is 0. The molecular formula is C21H17BrN2O. The van der Waals surface area contributed by atoms with Crippen molar-refractivity contribution in [2.24, 2.45) is 0 Å². The second-order valence-corrected chi connectivity index (χ2v) is 6.96. The number of nitrogens with zero attached hydrogens (tertiary/aromatic N) is 2. The Bertz CT molecular complexity index is 911. The minimum absolute atomic E-state index is 0.0452. The monoisotopic (exact) mass is 392 g/mol. The fraction of sp³-hybridized carbons (Fsp3) is 0.143. The molecule has 3 nitrogen and oxygen atoms in total. The zero-order valence-corrected chi connectivity index (χ0v) is 15.2. The lowest BCUT2D eigenvalue weighted by Gasteiger charge is -2.38. The molecule has 0 aliphatic carbocycles. The van der Waals surface area contributed by atoms with Gasteiger partial charge in [0.05, 0.1) is 11.6 Å². The molecule has 0 fully saturated rings. The van der Waals surface area contributed by atoms with Crippen LogP contribution in [-0.4, -0.2) is 22.3 Å². The van der Waals surface area contributed by atoms with Crippen LogP contribution in [0.5, 0.6) is 0 Å². The van der Waals surface area contributed by atoms with E-state index in [0.717, 1.165) is 16.5 Å². The number of fused-ring (bicyclic) bond motifs is 1. The molecule has 0 N–H and O–H groups in total. The highest BCUT2D eigenvalue weighted by Crippen LogP contribution is 2.36. The summed E-state index contributed by atoms with van der Waals surface area (Å²) in [5, 5.41) is 0. The van der Waals surface area contributed by atoms with Gasteiger partial charge in [0.25, 0.3) is 5.91 Å². The molecule has 1 unspecified atom stereocenters. The molecule has 3 aromatic rings. The van der Waals surface area contributed by atoms with E-state index in [0.29, 0.717) is 12.1 Å². The molecule has 1 amide bonds. The van der Waals surface area contributed by atoms with E-state index in [1.54, 1.807) is 12.4 Å². The maximum absolute atomic E-state index is 13.3. The second-order valence-electron chi connectivity index (χ2n) is 6.11. The van der Waals surface area contributed by atoms with E-state index in [-0.39, 0.29) is 11.9 Å². The molecule has 0 bridgehead atoms. The van der Waals surface area contributed by atoms with Gasteiger partial charge in [-0.25, -0.2) is 0 Å². The predicted molar refractivity (Wildman–Crippen MR) is 101 cm³/mol. The van der Waals surface area contributed by atoms with Gasteiger partial charge in [0.2, 0.25) is 0 Å². The maximum atomic E-state index is 13.3. The molecule has 4 rings (SSSR count). The van der Waals surface area contributed by atoms with Crippen LogP contribution in [0.1, 0.15) is 33.1 Å². The fourth-order valence-corrected chi connectivity index (χ4v) is 3.93. The largest absolute Gasteiger partial charge is 0.327 e. The third-order valence-electron chi connectivity index (χ3n) is 4.67. The van der Waals surface area contributed by atoms with Gasteiger partial charge >= 0.3 is 0 Å². The topological polar surface area (TPSA) is 33.2 Å². The average Bonchev–Trinajstić information content (AvgIpc) is 2.67. The van der Waals surface area contributed by atoms with Crippen LogP contribution >= 0.6 is 15.9 Å². The molecule has 4 heteroatoms. The third-order valence-corrected chi connectivity index (χ3v) is 5.36. The summed E-state index contributed by atoms with van der Waals surface area (Å²) in [5.41, 5.74) is 4.28. The number of hydrogen-bond acceptors (Lipinski definition) is 2. The predicted octanol–water partition coefficient (Wildman–Crippen LogP) is 4.63. The molecular weight excluding hydrogens is 376 g/mol. The summed E-state index contributed by atoms with van der Waals surface area (Å²) in [4.78, 5) is 19.4. The Hall–Kier alpha value is -2.46. The van der Waals surface area contributed by atoms with Crippen LogP contribution in [0.4, 0.5) is 0 Å². The van der Waals surface area contributed by atoms with Gasteiger partial charge in [-0.1, -0.05) is 36.4 Å². The number of rotatable bonds is 2. The van der Waals surface area contributed by atoms with E-state index in [2.05, 4.69) is 39.1 Å². The highest BCUT2D eigenvalue weighted by atomic mass is 79.9. The fourth-order valence-electron chi connectivity index (χ4n) is 3.48. The van der Waals surface area contributed by atoms with Crippen molar-refractivity contribution in [3.63, 3.8) is 0 Å². The van der Waals surface area contributed by atoms with Crippen molar-refractivity contribution in [1.82, 2.24) is 9.88 Å². The Morgan fingerprint density at radius 1 is 1.00 bits per heavy atom. The number of carbonyl (C=O) groups is 1. The summed E-state index contributed by atoms with van der Waals surface area (Å²) in [6.45, 7) is 0.699. The Morgan fingerprint density at radius 3 is 2.52 bits per heavy atom. The normalized spacial score (nSPS) is 16.4. The molecule has 1 aromatic heterocycles. The third kappa shape index (κ3) is 2.98. The summed E-state index contributed by atoms with van der Waals surface area (Å²) >= 11 is 3.51. The zero-order valence-electron chi connectivity index (χ0n) is 13.6. The van der Waals surface area contributed by atoms with Gasteiger partial charge in [-0.15, -0.1) is 0 Å². The lowest BCUT2D eigenvalue weighted by molar-refractivity contribution is 0.0693. The lowest BCUT2D eigenvalue weighted by atomic mass is 9.88. The van der Waals surface area contributed by atoms with E-state index >= 15 is 0 Å². The van der Waals surface area contributed by atoms with Crippen molar-refractivity contribution < 1.29 is 4.79 Å². The van der Waals surface area contributed by atoms with Gasteiger partial charge in [-0.2, -0.15) is 0 Å². The van der Waals surface area contributed by atoms with Crippen molar-refractivity contribution in [3.8, 4) is 0 Å². The number of aromatic nitrogens is 1. The first-order chi connectivity index (χ1) is 12.3. The smallest absolute Gasteiger partial charge is 0.255 e. The maximum Gasteiger partial charge on any atom is 0.255 e. The Kier molecular flexibility index (Phi) is 4.36. The van der Waals surface area contributed by atoms with Crippen LogP contribution in [0.25, 0.3) is 0 Å². The molecule has 1 atom stereocenters.